The summed E-state index contributed by atoms with van der Waals surface area (Å²) < 4.78 is 0. The number of aryl methyl sites for hydroxylation is 2. The van der Waals surface area contributed by atoms with E-state index >= 15 is 0 Å². The Labute approximate surface area is 165 Å². The second-order valence-electron chi connectivity index (χ2n) is 9.01. The third kappa shape index (κ3) is 3.59. The number of thioether (sulfide) groups is 1. The van der Waals surface area contributed by atoms with Gasteiger partial charge in [0.2, 0.25) is 5.91 Å². The number of hydrogen-bond acceptors (Lipinski definition) is 5. The Kier molecular flexibility index (Phi) is 4.92. The minimum atomic E-state index is 0.0426. The SMILES string of the molecule is Cc1nc(C)c(C#N)c(SCC(=O)NC(C)C23CC4CC(CC(C4)C2)C3)n1. The Morgan fingerprint density at radius 3 is 2.37 bits per heavy atom. The van der Waals surface area contributed by atoms with Crippen molar-refractivity contribution in [2.75, 3.05) is 5.75 Å². The number of nitriles is 1. The van der Waals surface area contributed by atoms with Gasteiger partial charge in [-0.25, -0.2) is 9.97 Å². The minimum absolute atomic E-state index is 0.0426. The second kappa shape index (κ2) is 7.09. The molecule has 27 heavy (non-hydrogen) atoms. The van der Waals surface area contributed by atoms with Crippen molar-refractivity contribution < 1.29 is 4.79 Å². The molecule has 0 aliphatic heterocycles. The van der Waals surface area contributed by atoms with E-state index in [-0.39, 0.29) is 11.9 Å². The average molecular weight is 385 g/mol. The Bertz CT molecular complexity index is 765. The molecule has 5 nitrogen and oxygen atoms in total. The van der Waals surface area contributed by atoms with Crippen molar-refractivity contribution in [3.05, 3.63) is 17.1 Å². The molecule has 0 radical (unpaired) electrons. The zero-order valence-electron chi connectivity index (χ0n) is 16.4. The van der Waals surface area contributed by atoms with Gasteiger partial charge in [0.15, 0.2) is 0 Å². The molecule has 144 valence electrons. The topological polar surface area (TPSA) is 78.7 Å². The standard InChI is InChI=1S/C21H28N4OS/c1-12-18(10-22)20(25-14(3)23-12)27-11-19(26)24-13(2)21-7-15-4-16(8-21)6-17(5-15)9-21/h13,15-17H,4-9,11H2,1-3H3,(H,24,26). The van der Waals surface area contributed by atoms with Crippen LogP contribution in [0.25, 0.3) is 0 Å². The van der Waals surface area contributed by atoms with E-state index in [0.717, 1.165) is 17.8 Å². The molecule has 1 amide bonds. The zero-order valence-corrected chi connectivity index (χ0v) is 17.2. The normalized spacial score (nSPS) is 32.1. The Morgan fingerprint density at radius 1 is 1.22 bits per heavy atom. The lowest BCUT2D eigenvalue weighted by Crippen LogP contribution is -2.56. The summed E-state index contributed by atoms with van der Waals surface area (Å²) in [6.07, 6.45) is 8.11. The fourth-order valence-corrected chi connectivity index (χ4v) is 7.08. The van der Waals surface area contributed by atoms with Crippen LogP contribution in [0, 0.1) is 48.3 Å². The van der Waals surface area contributed by atoms with E-state index in [0.29, 0.717) is 33.3 Å². The van der Waals surface area contributed by atoms with Crippen LogP contribution < -0.4 is 5.32 Å². The summed E-state index contributed by atoms with van der Waals surface area (Å²) in [4.78, 5) is 21.2. The van der Waals surface area contributed by atoms with Crippen LogP contribution in [-0.4, -0.2) is 27.7 Å². The molecule has 1 aromatic heterocycles. The summed E-state index contributed by atoms with van der Waals surface area (Å²) in [6.45, 7) is 5.83. The third-order valence-corrected chi connectivity index (χ3v) is 7.98. The highest BCUT2D eigenvalue weighted by Crippen LogP contribution is 2.61. The van der Waals surface area contributed by atoms with Gasteiger partial charge in [0, 0.05) is 6.04 Å². The summed E-state index contributed by atoms with van der Waals surface area (Å²) in [5.74, 6) is 3.62. The van der Waals surface area contributed by atoms with Gasteiger partial charge in [-0.15, -0.1) is 0 Å². The highest BCUT2D eigenvalue weighted by atomic mass is 32.2. The van der Waals surface area contributed by atoms with Crippen molar-refractivity contribution in [3.63, 3.8) is 0 Å². The van der Waals surface area contributed by atoms with E-state index in [1.807, 2.05) is 13.8 Å². The molecular weight excluding hydrogens is 356 g/mol. The predicted octanol–water partition coefficient (Wildman–Crippen LogP) is 3.78. The van der Waals surface area contributed by atoms with Gasteiger partial charge in [-0.3, -0.25) is 4.79 Å². The van der Waals surface area contributed by atoms with E-state index in [4.69, 9.17) is 0 Å². The fourth-order valence-electron chi connectivity index (χ4n) is 6.19. The van der Waals surface area contributed by atoms with Crippen LogP contribution in [0.1, 0.15) is 62.5 Å². The number of hydrogen-bond donors (Lipinski definition) is 1. The Hall–Kier alpha value is -1.61. The van der Waals surface area contributed by atoms with Crippen LogP contribution in [0.15, 0.2) is 5.03 Å². The van der Waals surface area contributed by atoms with Gasteiger partial charge < -0.3 is 5.32 Å². The maximum absolute atomic E-state index is 12.6. The first-order valence-corrected chi connectivity index (χ1v) is 11.0. The van der Waals surface area contributed by atoms with Crippen LogP contribution in [0.2, 0.25) is 0 Å². The summed E-state index contributed by atoms with van der Waals surface area (Å²) in [5, 5.41) is 13.3. The molecule has 4 saturated carbocycles. The van der Waals surface area contributed by atoms with Crippen molar-refractivity contribution in [2.24, 2.45) is 23.2 Å². The van der Waals surface area contributed by atoms with E-state index in [1.165, 1.54) is 50.3 Å². The van der Waals surface area contributed by atoms with Crippen LogP contribution >= 0.6 is 11.8 Å². The molecule has 4 bridgehead atoms. The molecule has 6 heteroatoms. The lowest BCUT2D eigenvalue weighted by Gasteiger charge is -2.59. The molecule has 0 spiro atoms. The maximum atomic E-state index is 12.6. The number of nitrogens with zero attached hydrogens (tertiary/aromatic N) is 3. The van der Waals surface area contributed by atoms with Crippen LogP contribution in [0.5, 0.6) is 0 Å². The van der Waals surface area contributed by atoms with E-state index in [1.54, 1.807) is 0 Å². The largest absolute Gasteiger partial charge is 0.352 e. The van der Waals surface area contributed by atoms with Crippen molar-refractivity contribution in [1.29, 1.82) is 5.26 Å². The first kappa shape index (κ1) is 18.7. The van der Waals surface area contributed by atoms with Gasteiger partial charge in [-0.1, -0.05) is 11.8 Å². The first-order valence-electron chi connectivity index (χ1n) is 10.1. The molecule has 1 unspecified atom stereocenters. The van der Waals surface area contributed by atoms with Crippen molar-refractivity contribution >= 4 is 17.7 Å². The molecule has 0 saturated heterocycles. The quantitative estimate of drug-likeness (QED) is 0.617. The molecule has 4 aliphatic carbocycles. The minimum Gasteiger partial charge on any atom is -0.352 e. The lowest BCUT2D eigenvalue weighted by atomic mass is 9.48. The fraction of sp³-hybridized carbons (Fsp3) is 0.714. The molecule has 5 rings (SSSR count). The number of nitrogens with one attached hydrogen (secondary N) is 1. The first-order chi connectivity index (χ1) is 12.9. The van der Waals surface area contributed by atoms with Crippen LogP contribution in [-0.2, 0) is 4.79 Å². The summed E-state index contributed by atoms with van der Waals surface area (Å²) in [6, 6.07) is 2.39. The van der Waals surface area contributed by atoms with Crippen molar-refractivity contribution in [1.82, 2.24) is 15.3 Å². The molecule has 4 aliphatic rings. The Balaban J connectivity index is 1.38. The molecule has 4 fully saturated rings. The molecular formula is C21H28N4OS. The smallest absolute Gasteiger partial charge is 0.230 e. The highest BCUT2D eigenvalue weighted by molar-refractivity contribution is 8.00. The number of carbonyl (C=O) groups is 1. The van der Waals surface area contributed by atoms with Gasteiger partial charge in [-0.05, 0) is 82.5 Å². The second-order valence-corrected chi connectivity index (χ2v) is 9.97. The highest BCUT2D eigenvalue weighted by Gasteiger charge is 2.53. The number of amides is 1. The molecule has 1 N–H and O–H groups in total. The lowest BCUT2D eigenvalue weighted by molar-refractivity contribution is -0.123. The monoisotopic (exact) mass is 384 g/mol. The number of aromatic nitrogens is 2. The number of carbonyl (C=O) groups excluding carboxylic acids is 1. The molecule has 1 aromatic rings. The van der Waals surface area contributed by atoms with Crippen LogP contribution in [0.4, 0.5) is 0 Å². The summed E-state index contributed by atoms with van der Waals surface area (Å²) >= 11 is 1.34. The molecule has 1 atom stereocenters. The van der Waals surface area contributed by atoms with Gasteiger partial charge in [0.25, 0.3) is 0 Å². The van der Waals surface area contributed by atoms with Gasteiger partial charge in [-0.2, -0.15) is 5.26 Å². The summed E-state index contributed by atoms with van der Waals surface area (Å²) in [5.41, 5.74) is 1.47. The van der Waals surface area contributed by atoms with Crippen molar-refractivity contribution in [3.8, 4) is 6.07 Å². The van der Waals surface area contributed by atoms with Crippen LogP contribution in [0.3, 0.4) is 0 Å². The van der Waals surface area contributed by atoms with Gasteiger partial charge >= 0.3 is 0 Å². The van der Waals surface area contributed by atoms with Gasteiger partial charge in [0.05, 0.1) is 11.4 Å². The average Bonchev–Trinajstić information content (AvgIpc) is 2.58. The third-order valence-electron chi connectivity index (χ3n) is 7.00. The van der Waals surface area contributed by atoms with E-state index < -0.39 is 0 Å². The van der Waals surface area contributed by atoms with E-state index in [9.17, 15) is 10.1 Å². The predicted molar refractivity (Wildman–Crippen MR) is 105 cm³/mol. The Morgan fingerprint density at radius 2 is 1.81 bits per heavy atom. The summed E-state index contributed by atoms with van der Waals surface area (Å²) in [7, 11) is 0. The van der Waals surface area contributed by atoms with Crippen molar-refractivity contribution in [2.45, 2.75) is 70.4 Å². The molecule has 0 aromatic carbocycles. The van der Waals surface area contributed by atoms with E-state index in [2.05, 4.69) is 28.3 Å². The zero-order chi connectivity index (χ0) is 19.2. The molecule has 1 heterocycles. The number of rotatable bonds is 5. The van der Waals surface area contributed by atoms with Gasteiger partial charge in [0.1, 0.15) is 22.5 Å². The maximum Gasteiger partial charge on any atom is 0.230 e.